The fraction of sp³-hybridized carbons (Fsp3) is 0.409. The van der Waals surface area contributed by atoms with E-state index in [0.29, 0.717) is 46.1 Å². The Balaban J connectivity index is 1.49. The summed E-state index contributed by atoms with van der Waals surface area (Å²) in [5.74, 6) is -0.614. The Labute approximate surface area is 178 Å². The zero-order valence-corrected chi connectivity index (χ0v) is 16.9. The molecule has 1 saturated heterocycles. The quantitative estimate of drug-likeness (QED) is 0.483. The molecule has 9 heteroatoms. The van der Waals surface area contributed by atoms with Crippen LogP contribution in [0, 0.1) is 11.7 Å². The lowest BCUT2D eigenvalue weighted by atomic mass is 10.1. The van der Waals surface area contributed by atoms with E-state index in [2.05, 4.69) is 25.6 Å². The number of fused-ring (bicyclic) bond motifs is 1. The number of aromatic hydroxyl groups is 1. The van der Waals surface area contributed by atoms with Crippen molar-refractivity contribution >= 4 is 16.9 Å². The minimum Gasteiger partial charge on any atom is -0.505 e. The van der Waals surface area contributed by atoms with Gasteiger partial charge in [-0.3, -0.25) is 4.79 Å². The summed E-state index contributed by atoms with van der Waals surface area (Å²) in [6.45, 7) is 2.25. The predicted octanol–water partition coefficient (Wildman–Crippen LogP) is 2.74. The summed E-state index contributed by atoms with van der Waals surface area (Å²) in [6, 6.07) is 2.59. The van der Waals surface area contributed by atoms with E-state index in [9.17, 15) is 14.3 Å². The van der Waals surface area contributed by atoms with Gasteiger partial charge in [0, 0.05) is 23.9 Å². The topological polar surface area (TPSA) is 112 Å². The molecule has 3 aromatic rings. The monoisotopic (exact) mass is 425 g/mol. The maximum atomic E-state index is 14.2. The zero-order chi connectivity index (χ0) is 21.4. The number of aromatic nitrogens is 3. The zero-order valence-electron chi connectivity index (χ0n) is 16.9. The van der Waals surface area contributed by atoms with Crippen LogP contribution in [-0.2, 0) is 0 Å². The minimum atomic E-state index is -0.768. The van der Waals surface area contributed by atoms with Gasteiger partial charge in [-0.2, -0.15) is 0 Å². The van der Waals surface area contributed by atoms with Crippen LogP contribution in [0.25, 0.3) is 22.3 Å². The fourth-order valence-corrected chi connectivity index (χ4v) is 3.89. The van der Waals surface area contributed by atoms with Crippen LogP contribution < -0.4 is 15.4 Å². The average molecular weight is 425 g/mol. The predicted molar refractivity (Wildman–Crippen MR) is 113 cm³/mol. The SMILES string of the molecule is O=C(NC1CCNCC1)c1c[nH]c2c(-c3cc(F)c(O)cc3OCC3CC3)ncnc12. The normalized spacial score (nSPS) is 17.1. The number of ether oxygens (including phenoxy) is 1. The summed E-state index contributed by atoms with van der Waals surface area (Å²) in [4.78, 5) is 24.6. The van der Waals surface area contributed by atoms with Crippen molar-refractivity contribution < 1.29 is 19.0 Å². The molecule has 8 nitrogen and oxygen atoms in total. The van der Waals surface area contributed by atoms with E-state index in [1.54, 1.807) is 6.20 Å². The second-order valence-corrected chi connectivity index (χ2v) is 8.20. The summed E-state index contributed by atoms with van der Waals surface area (Å²) in [6.07, 6.45) is 6.91. The molecule has 0 atom stereocenters. The lowest BCUT2D eigenvalue weighted by Gasteiger charge is -2.23. The maximum absolute atomic E-state index is 14.2. The summed E-state index contributed by atoms with van der Waals surface area (Å²) >= 11 is 0. The molecule has 5 rings (SSSR count). The van der Waals surface area contributed by atoms with E-state index < -0.39 is 11.6 Å². The highest BCUT2D eigenvalue weighted by Gasteiger charge is 2.25. The molecule has 1 aromatic carbocycles. The number of hydrogen-bond acceptors (Lipinski definition) is 6. The number of nitrogens with zero attached hydrogens (tertiary/aromatic N) is 2. The van der Waals surface area contributed by atoms with Crippen LogP contribution in [0.2, 0.25) is 0 Å². The third-order valence-electron chi connectivity index (χ3n) is 5.86. The molecule has 0 radical (unpaired) electrons. The Morgan fingerprint density at radius 3 is 2.81 bits per heavy atom. The highest BCUT2D eigenvalue weighted by Crippen LogP contribution is 2.38. The van der Waals surface area contributed by atoms with Gasteiger partial charge >= 0.3 is 0 Å². The lowest BCUT2D eigenvalue weighted by Crippen LogP contribution is -2.42. The summed E-state index contributed by atoms with van der Waals surface area (Å²) in [7, 11) is 0. The molecular formula is C22H24FN5O3. The first-order valence-corrected chi connectivity index (χ1v) is 10.6. The number of halogens is 1. The number of H-pyrrole nitrogens is 1. The molecule has 4 N–H and O–H groups in total. The molecule has 162 valence electrons. The number of rotatable bonds is 6. The van der Waals surface area contributed by atoms with Crippen molar-refractivity contribution in [3.63, 3.8) is 0 Å². The molecule has 1 amide bonds. The van der Waals surface area contributed by atoms with Crippen LogP contribution in [-0.4, -0.2) is 51.7 Å². The second kappa shape index (κ2) is 8.14. The van der Waals surface area contributed by atoms with Gasteiger partial charge in [-0.15, -0.1) is 0 Å². The molecule has 0 bridgehead atoms. The van der Waals surface area contributed by atoms with Crippen molar-refractivity contribution in [3.05, 3.63) is 36.0 Å². The Bertz CT molecular complexity index is 1120. The van der Waals surface area contributed by atoms with Crippen LogP contribution >= 0.6 is 0 Å². The van der Waals surface area contributed by atoms with Gasteiger partial charge in [0.1, 0.15) is 23.3 Å². The highest BCUT2D eigenvalue weighted by atomic mass is 19.1. The van der Waals surface area contributed by atoms with Crippen LogP contribution in [0.4, 0.5) is 4.39 Å². The van der Waals surface area contributed by atoms with Gasteiger partial charge in [0.15, 0.2) is 11.6 Å². The van der Waals surface area contributed by atoms with E-state index in [1.165, 1.54) is 18.5 Å². The largest absolute Gasteiger partial charge is 0.505 e. The fourth-order valence-electron chi connectivity index (χ4n) is 3.89. The van der Waals surface area contributed by atoms with Crippen LogP contribution in [0.15, 0.2) is 24.7 Å². The Morgan fingerprint density at radius 1 is 1.23 bits per heavy atom. The third-order valence-corrected chi connectivity index (χ3v) is 5.86. The van der Waals surface area contributed by atoms with Gasteiger partial charge in [-0.1, -0.05) is 0 Å². The molecule has 1 saturated carbocycles. The van der Waals surface area contributed by atoms with E-state index >= 15 is 0 Å². The number of aromatic amines is 1. The highest BCUT2D eigenvalue weighted by molar-refractivity contribution is 6.08. The number of amides is 1. The maximum Gasteiger partial charge on any atom is 0.255 e. The van der Waals surface area contributed by atoms with E-state index in [-0.39, 0.29) is 11.9 Å². The van der Waals surface area contributed by atoms with Crippen LogP contribution in [0.5, 0.6) is 11.5 Å². The lowest BCUT2D eigenvalue weighted by molar-refractivity contribution is 0.0931. The Hall–Kier alpha value is -3.20. The first kappa shape index (κ1) is 19.7. The molecule has 3 heterocycles. The molecule has 31 heavy (non-hydrogen) atoms. The van der Waals surface area contributed by atoms with Crippen molar-refractivity contribution in [2.45, 2.75) is 31.7 Å². The second-order valence-electron chi connectivity index (χ2n) is 8.20. The van der Waals surface area contributed by atoms with Crippen molar-refractivity contribution in [1.82, 2.24) is 25.6 Å². The standard InChI is InChI=1S/C22H24FN5O3/c23-16-7-14(18(8-17(16)29)31-10-12-1-2-12)19-21-20(27-11-26-19)15(9-25-21)22(30)28-13-3-5-24-6-4-13/h7-9,11-13,24-25,29H,1-6,10H2,(H,28,30). The summed E-state index contributed by atoms with van der Waals surface area (Å²) in [5.41, 5.74) is 2.19. The number of nitrogens with one attached hydrogen (secondary N) is 3. The number of carbonyl (C=O) groups is 1. The van der Waals surface area contributed by atoms with Gasteiger partial charge in [-0.05, 0) is 50.8 Å². The molecule has 1 aliphatic heterocycles. The van der Waals surface area contributed by atoms with E-state index in [1.807, 2.05) is 0 Å². The summed E-state index contributed by atoms with van der Waals surface area (Å²) < 4.78 is 20.1. The van der Waals surface area contributed by atoms with Gasteiger partial charge in [0.05, 0.1) is 17.7 Å². The molecule has 0 spiro atoms. The van der Waals surface area contributed by atoms with Crippen LogP contribution in [0.3, 0.4) is 0 Å². The summed E-state index contributed by atoms with van der Waals surface area (Å²) in [5, 5.41) is 16.2. The first-order valence-electron chi connectivity index (χ1n) is 10.6. The number of piperidine rings is 1. The van der Waals surface area contributed by atoms with E-state index in [0.717, 1.165) is 38.8 Å². The van der Waals surface area contributed by atoms with Crippen molar-refractivity contribution in [2.24, 2.45) is 5.92 Å². The average Bonchev–Trinajstić information content (AvgIpc) is 3.50. The van der Waals surface area contributed by atoms with Crippen LogP contribution in [0.1, 0.15) is 36.0 Å². The molecule has 2 fully saturated rings. The number of phenolic OH excluding ortho intramolecular Hbond substituents is 1. The molecular weight excluding hydrogens is 401 g/mol. The Kier molecular flexibility index (Phi) is 5.19. The van der Waals surface area contributed by atoms with Gasteiger partial charge in [0.2, 0.25) is 0 Å². The smallest absolute Gasteiger partial charge is 0.255 e. The molecule has 0 unspecified atom stereocenters. The van der Waals surface area contributed by atoms with Gasteiger partial charge < -0.3 is 25.5 Å². The molecule has 1 aliphatic carbocycles. The first-order chi connectivity index (χ1) is 15.1. The van der Waals surface area contributed by atoms with E-state index in [4.69, 9.17) is 4.74 Å². The van der Waals surface area contributed by atoms with Gasteiger partial charge in [0.25, 0.3) is 5.91 Å². The Morgan fingerprint density at radius 2 is 2.03 bits per heavy atom. The van der Waals surface area contributed by atoms with Crippen molar-refractivity contribution in [3.8, 4) is 22.8 Å². The third kappa shape index (κ3) is 4.05. The van der Waals surface area contributed by atoms with Crippen molar-refractivity contribution in [1.29, 1.82) is 0 Å². The number of carbonyl (C=O) groups excluding carboxylic acids is 1. The minimum absolute atomic E-state index is 0.119. The number of hydrogen-bond donors (Lipinski definition) is 4. The number of phenols is 1. The van der Waals surface area contributed by atoms with Crippen molar-refractivity contribution in [2.75, 3.05) is 19.7 Å². The number of benzene rings is 1. The molecule has 2 aromatic heterocycles. The molecule has 2 aliphatic rings. The van der Waals surface area contributed by atoms with Gasteiger partial charge in [-0.25, -0.2) is 14.4 Å².